The minimum Gasteiger partial charge on any atom is -0.389 e. The Morgan fingerprint density at radius 3 is 2.73 bits per heavy atom. The average Bonchev–Trinajstić information content (AvgIpc) is 1.87. The smallest absolute Gasteiger partial charge is 0.190 e. The van der Waals surface area contributed by atoms with Gasteiger partial charge in [0, 0.05) is 18.7 Å². The third-order valence-corrected chi connectivity index (χ3v) is 1.88. The van der Waals surface area contributed by atoms with E-state index in [0.717, 1.165) is 11.4 Å². The van der Waals surface area contributed by atoms with Gasteiger partial charge in [-0.3, -0.25) is 4.79 Å². The zero-order valence-corrected chi connectivity index (χ0v) is 7.96. The summed E-state index contributed by atoms with van der Waals surface area (Å²) in [5.41, 5.74) is 0.916. The molecule has 0 aliphatic rings. The number of thioether (sulfide) groups is 1. The summed E-state index contributed by atoms with van der Waals surface area (Å²) < 4.78 is 0. The molecule has 11 heavy (non-hydrogen) atoms. The lowest BCUT2D eigenvalue weighted by molar-refractivity contribution is -0.110. The van der Waals surface area contributed by atoms with Gasteiger partial charge in [-0.15, -0.1) is 0 Å². The Bertz CT molecular complexity index is 145. The van der Waals surface area contributed by atoms with Crippen LogP contribution in [0.4, 0.5) is 0 Å². The van der Waals surface area contributed by atoms with E-state index in [4.69, 9.17) is 0 Å². The molecule has 3 heteroatoms. The summed E-state index contributed by atoms with van der Waals surface area (Å²) in [7, 11) is 0. The summed E-state index contributed by atoms with van der Waals surface area (Å²) in [6.45, 7) is 8.25. The predicted molar refractivity (Wildman–Crippen MR) is 50.6 cm³/mol. The highest BCUT2D eigenvalue weighted by Gasteiger charge is 1.98. The van der Waals surface area contributed by atoms with Crippen LogP contribution in [-0.4, -0.2) is 17.4 Å². The van der Waals surface area contributed by atoms with Crippen molar-refractivity contribution >= 4 is 16.9 Å². The SMILES string of the molecule is C=C(C)NCCC(=O)SCC. The second-order valence-corrected chi connectivity index (χ2v) is 3.58. The summed E-state index contributed by atoms with van der Waals surface area (Å²) in [5, 5.41) is 3.26. The van der Waals surface area contributed by atoms with Crippen LogP contribution in [0.3, 0.4) is 0 Å². The minimum atomic E-state index is 0.251. The van der Waals surface area contributed by atoms with Crippen molar-refractivity contribution in [3.05, 3.63) is 12.3 Å². The van der Waals surface area contributed by atoms with E-state index in [2.05, 4.69) is 11.9 Å². The predicted octanol–water partition coefficient (Wildman–Crippen LogP) is 1.78. The van der Waals surface area contributed by atoms with Crippen molar-refractivity contribution in [3.8, 4) is 0 Å². The molecule has 0 saturated carbocycles. The van der Waals surface area contributed by atoms with E-state index in [-0.39, 0.29) is 5.12 Å². The number of hydrogen-bond acceptors (Lipinski definition) is 3. The summed E-state index contributed by atoms with van der Waals surface area (Å²) >= 11 is 1.37. The lowest BCUT2D eigenvalue weighted by Crippen LogP contribution is -2.14. The first-order chi connectivity index (χ1) is 5.16. The summed E-state index contributed by atoms with van der Waals surface area (Å²) in [4.78, 5) is 10.9. The van der Waals surface area contributed by atoms with E-state index in [1.807, 2.05) is 13.8 Å². The summed E-state index contributed by atoms with van der Waals surface area (Å²) in [6, 6.07) is 0. The van der Waals surface area contributed by atoms with Gasteiger partial charge in [-0.05, 0) is 12.7 Å². The number of rotatable bonds is 5. The highest BCUT2D eigenvalue weighted by atomic mass is 32.2. The van der Waals surface area contributed by atoms with Crippen LogP contribution in [0.5, 0.6) is 0 Å². The zero-order chi connectivity index (χ0) is 8.69. The Balaban J connectivity index is 3.24. The molecule has 0 spiro atoms. The highest BCUT2D eigenvalue weighted by molar-refractivity contribution is 8.13. The van der Waals surface area contributed by atoms with Crippen LogP contribution < -0.4 is 5.32 Å². The van der Waals surface area contributed by atoms with Crippen LogP contribution in [-0.2, 0) is 4.79 Å². The van der Waals surface area contributed by atoms with Crippen molar-refractivity contribution in [1.29, 1.82) is 0 Å². The molecule has 0 aromatic heterocycles. The van der Waals surface area contributed by atoms with Gasteiger partial charge >= 0.3 is 0 Å². The number of hydrogen-bond donors (Lipinski definition) is 1. The molecule has 2 nitrogen and oxygen atoms in total. The van der Waals surface area contributed by atoms with Crippen molar-refractivity contribution in [3.63, 3.8) is 0 Å². The molecule has 0 saturated heterocycles. The molecule has 0 aromatic carbocycles. The first-order valence-corrected chi connectivity index (χ1v) is 4.70. The van der Waals surface area contributed by atoms with Gasteiger partial charge in [0.25, 0.3) is 0 Å². The van der Waals surface area contributed by atoms with E-state index in [0.29, 0.717) is 13.0 Å². The fourth-order valence-electron chi connectivity index (χ4n) is 0.611. The molecule has 0 radical (unpaired) electrons. The molecule has 0 fully saturated rings. The van der Waals surface area contributed by atoms with Crippen molar-refractivity contribution in [1.82, 2.24) is 5.32 Å². The van der Waals surface area contributed by atoms with Crippen LogP contribution in [0.15, 0.2) is 12.3 Å². The molecule has 1 N–H and O–H groups in total. The Morgan fingerprint density at radius 1 is 1.64 bits per heavy atom. The molecular formula is C8H15NOS. The Hall–Kier alpha value is -0.440. The Morgan fingerprint density at radius 2 is 2.27 bits per heavy atom. The maximum atomic E-state index is 10.9. The van der Waals surface area contributed by atoms with Gasteiger partial charge in [-0.2, -0.15) is 0 Å². The second-order valence-electron chi connectivity index (χ2n) is 2.26. The van der Waals surface area contributed by atoms with Gasteiger partial charge in [-0.25, -0.2) is 0 Å². The average molecular weight is 173 g/mol. The highest BCUT2D eigenvalue weighted by Crippen LogP contribution is 2.02. The van der Waals surface area contributed by atoms with Gasteiger partial charge in [0.2, 0.25) is 0 Å². The molecule has 64 valence electrons. The number of carbonyl (C=O) groups excluding carboxylic acids is 1. The third-order valence-electron chi connectivity index (χ3n) is 1.06. The molecule has 0 atom stereocenters. The molecule has 0 aromatic rings. The van der Waals surface area contributed by atoms with Crippen LogP contribution in [0.25, 0.3) is 0 Å². The second kappa shape index (κ2) is 6.28. The molecule has 0 amide bonds. The molecular weight excluding hydrogens is 158 g/mol. The van der Waals surface area contributed by atoms with Crippen molar-refractivity contribution in [2.24, 2.45) is 0 Å². The van der Waals surface area contributed by atoms with Crippen molar-refractivity contribution in [2.45, 2.75) is 20.3 Å². The molecule has 0 aliphatic carbocycles. The first kappa shape index (κ1) is 10.6. The monoisotopic (exact) mass is 173 g/mol. The topological polar surface area (TPSA) is 29.1 Å². The Kier molecular flexibility index (Phi) is 6.03. The molecule has 0 heterocycles. The number of nitrogens with one attached hydrogen (secondary N) is 1. The van der Waals surface area contributed by atoms with Gasteiger partial charge in [0.1, 0.15) is 0 Å². The molecule has 0 bridgehead atoms. The van der Waals surface area contributed by atoms with Crippen LogP contribution in [0, 0.1) is 0 Å². The van der Waals surface area contributed by atoms with Crippen LogP contribution >= 0.6 is 11.8 Å². The first-order valence-electron chi connectivity index (χ1n) is 3.71. The van der Waals surface area contributed by atoms with Gasteiger partial charge in [0.05, 0.1) is 0 Å². The van der Waals surface area contributed by atoms with Gasteiger partial charge < -0.3 is 5.32 Å². The van der Waals surface area contributed by atoms with E-state index < -0.39 is 0 Å². The lowest BCUT2D eigenvalue weighted by Gasteiger charge is -2.02. The zero-order valence-electron chi connectivity index (χ0n) is 7.14. The quantitative estimate of drug-likeness (QED) is 0.687. The normalized spacial score (nSPS) is 9.27. The molecule has 0 aliphatic heterocycles. The van der Waals surface area contributed by atoms with Crippen molar-refractivity contribution in [2.75, 3.05) is 12.3 Å². The fraction of sp³-hybridized carbons (Fsp3) is 0.625. The number of allylic oxidation sites excluding steroid dienone is 1. The maximum absolute atomic E-state index is 10.9. The van der Waals surface area contributed by atoms with Crippen LogP contribution in [0.1, 0.15) is 20.3 Å². The fourth-order valence-corrected chi connectivity index (χ4v) is 1.18. The van der Waals surface area contributed by atoms with Gasteiger partial charge in [-0.1, -0.05) is 25.3 Å². The van der Waals surface area contributed by atoms with E-state index in [1.54, 1.807) is 0 Å². The minimum absolute atomic E-state index is 0.251. The Labute approximate surface area is 72.4 Å². The summed E-state index contributed by atoms with van der Waals surface area (Å²) in [5.74, 6) is 0.867. The standard InChI is InChI=1S/C8H15NOS/c1-4-11-8(10)5-6-9-7(2)3/h9H,2,4-6H2,1,3H3. The molecule has 0 rings (SSSR count). The van der Waals surface area contributed by atoms with E-state index in [1.165, 1.54) is 11.8 Å². The summed E-state index contributed by atoms with van der Waals surface area (Å²) in [6.07, 6.45) is 0.589. The third kappa shape index (κ3) is 7.46. The van der Waals surface area contributed by atoms with Crippen molar-refractivity contribution < 1.29 is 4.79 Å². The van der Waals surface area contributed by atoms with Crippen LogP contribution in [0.2, 0.25) is 0 Å². The maximum Gasteiger partial charge on any atom is 0.190 e. The lowest BCUT2D eigenvalue weighted by atomic mass is 10.4. The molecule has 0 unspecified atom stereocenters. The van der Waals surface area contributed by atoms with E-state index >= 15 is 0 Å². The largest absolute Gasteiger partial charge is 0.389 e. The van der Waals surface area contributed by atoms with E-state index in [9.17, 15) is 4.79 Å². The number of carbonyl (C=O) groups is 1. The van der Waals surface area contributed by atoms with Gasteiger partial charge in [0.15, 0.2) is 5.12 Å².